The second-order valence-corrected chi connectivity index (χ2v) is 13.6. The van der Waals surface area contributed by atoms with Gasteiger partial charge in [-0.1, -0.05) is 41.9 Å². The average Bonchev–Trinajstić information content (AvgIpc) is 3.98. The first-order valence-electron chi connectivity index (χ1n) is 17.7. The van der Waals surface area contributed by atoms with Crippen LogP contribution in [0.2, 0.25) is 5.02 Å². The molecule has 2 heterocycles. The number of amides is 3. The van der Waals surface area contributed by atoms with Gasteiger partial charge < -0.3 is 36.4 Å². The Morgan fingerprint density at radius 3 is 2.26 bits per heavy atom. The van der Waals surface area contributed by atoms with Crippen molar-refractivity contribution in [3.63, 3.8) is 0 Å². The van der Waals surface area contributed by atoms with Crippen LogP contribution in [-0.2, 0) is 32.8 Å². The fourth-order valence-electron chi connectivity index (χ4n) is 5.63. The van der Waals surface area contributed by atoms with Crippen LogP contribution in [0.4, 0.5) is 36.4 Å². The number of aromatic nitrogens is 4. The van der Waals surface area contributed by atoms with Crippen molar-refractivity contribution in [2.45, 2.75) is 43.4 Å². The minimum Gasteiger partial charge on any atom is -0.480 e. The van der Waals surface area contributed by atoms with E-state index in [4.69, 9.17) is 16.3 Å². The van der Waals surface area contributed by atoms with Gasteiger partial charge in [0.25, 0.3) is 5.91 Å². The minimum absolute atomic E-state index is 0.0228. The van der Waals surface area contributed by atoms with Crippen LogP contribution in [0.3, 0.4) is 0 Å². The number of rotatable bonds is 16. The van der Waals surface area contributed by atoms with Gasteiger partial charge in [-0.25, -0.2) is 4.79 Å². The highest BCUT2D eigenvalue weighted by molar-refractivity contribution is 6.39. The number of carboxylic acids is 1. The van der Waals surface area contributed by atoms with E-state index in [1.807, 2.05) is 36.4 Å². The van der Waals surface area contributed by atoms with Crippen molar-refractivity contribution >= 4 is 58.6 Å². The standard InChI is InChI=1S/C39H35ClF3N9O6/c40-26-12-10-25(11-13-26)38(17-18-38)52-36-49-35(50-37(51-36)58-22-39(41,42)43)47-28-15-8-24(9-16-28)31(53)48-30(34(56)57)21-45-32(54)33(55)46-29-6-3-4-23(20-29)7-14-27-5-1-2-19-44-27/h1-6,8-13,15-16,19-20,30H,7,14,17-18,21-22H2,(H,45,54)(H,46,55)(H,48,53)(H,56,57)(H2,47,49,50,51,52)/t30-/m0/s1. The number of benzene rings is 3. The highest BCUT2D eigenvalue weighted by atomic mass is 35.5. The molecule has 300 valence electrons. The van der Waals surface area contributed by atoms with Crippen molar-refractivity contribution in [2.75, 3.05) is 29.1 Å². The molecule has 6 rings (SSSR count). The first-order chi connectivity index (χ1) is 27.7. The molecule has 1 aliphatic rings. The quantitative estimate of drug-likeness (QED) is 0.0690. The number of carbonyl (C=O) groups excluding carboxylic acids is 3. The second-order valence-electron chi connectivity index (χ2n) is 13.1. The first-order valence-corrected chi connectivity index (χ1v) is 18.1. The van der Waals surface area contributed by atoms with Gasteiger partial charge in [0.15, 0.2) is 6.61 Å². The molecule has 2 aromatic heterocycles. The number of nitrogens with one attached hydrogen (secondary N) is 5. The third-order valence-corrected chi connectivity index (χ3v) is 8.99. The van der Waals surface area contributed by atoms with Crippen molar-refractivity contribution in [3.8, 4) is 6.01 Å². The second kappa shape index (κ2) is 18.0. The van der Waals surface area contributed by atoms with E-state index in [9.17, 15) is 37.5 Å². The highest BCUT2D eigenvalue weighted by Crippen LogP contribution is 2.48. The summed E-state index contributed by atoms with van der Waals surface area (Å²) in [6.45, 7) is -2.25. The molecule has 0 saturated heterocycles. The normalized spacial score (nSPS) is 13.4. The Balaban J connectivity index is 1.04. The van der Waals surface area contributed by atoms with Gasteiger partial charge in [-0.2, -0.15) is 28.1 Å². The molecule has 6 N–H and O–H groups in total. The Hall–Kier alpha value is -6.82. The molecular weight excluding hydrogens is 783 g/mol. The molecule has 1 saturated carbocycles. The SMILES string of the molecule is O=C(NC[C@H](NC(=O)c1ccc(Nc2nc(NC3(c4ccc(Cl)cc4)CC3)nc(OCC(F)(F)F)n2)cc1)C(=O)O)C(=O)Nc1cccc(CCc2ccccn2)c1. The molecule has 5 aromatic rings. The van der Waals surface area contributed by atoms with Crippen molar-refractivity contribution in [1.82, 2.24) is 30.6 Å². The van der Waals surface area contributed by atoms with Gasteiger partial charge in [0.2, 0.25) is 11.9 Å². The van der Waals surface area contributed by atoms with E-state index >= 15 is 0 Å². The number of carboxylic acid groups (broad SMARTS) is 1. The van der Waals surface area contributed by atoms with Gasteiger partial charge in [0.05, 0.1) is 5.54 Å². The van der Waals surface area contributed by atoms with Crippen LogP contribution in [0.5, 0.6) is 6.01 Å². The summed E-state index contributed by atoms with van der Waals surface area (Å²) in [5, 5.41) is 23.3. The summed E-state index contributed by atoms with van der Waals surface area (Å²) in [5.41, 5.74) is 2.80. The number of pyridine rings is 1. The number of nitrogens with zero attached hydrogens (tertiary/aromatic N) is 4. The van der Waals surface area contributed by atoms with Crippen LogP contribution < -0.4 is 31.3 Å². The van der Waals surface area contributed by atoms with Gasteiger partial charge in [0, 0.05) is 40.4 Å². The fourth-order valence-corrected chi connectivity index (χ4v) is 5.76. The third kappa shape index (κ3) is 11.6. The summed E-state index contributed by atoms with van der Waals surface area (Å²) in [6, 6.07) is 22.9. The maximum Gasteiger partial charge on any atom is 0.422 e. The lowest BCUT2D eigenvalue weighted by Gasteiger charge is -2.19. The molecule has 19 heteroatoms. The number of ether oxygens (including phenoxy) is 1. The topological polar surface area (TPSA) is 209 Å². The van der Waals surface area contributed by atoms with Gasteiger partial charge in [-0.05, 0) is 97.5 Å². The summed E-state index contributed by atoms with van der Waals surface area (Å²) in [5.74, 6) is -4.65. The molecule has 15 nitrogen and oxygen atoms in total. The number of hydrogen-bond acceptors (Lipinski definition) is 11. The van der Waals surface area contributed by atoms with Gasteiger partial charge >= 0.3 is 30.0 Å². The Labute approximate surface area is 333 Å². The Morgan fingerprint density at radius 1 is 0.845 bits per heavy atom. The Morgan fingerprint density at radius 2 is 1.59 bits per heavy atom. The van der Waals surface area contributed by atoms with E-state index < -0.39 is 60.6 Å². The Bertz CT molecular complexity index is 2260. The fraction of sp³-hybridized carbons (Fsp3) is 0.231. The molecule has 58 heavy (non-hydrogen) atoms. The predicted molar refractivity (Wildman–Crippen MR) is 206 cm³/mol. The number of halogens is 4. The lowest BCUT2D eigenvalue weighted by molar-refractivity contribution is -0.154. The summed E-state index contributed by atoms with van der Waals surface area (Å²) >= 11 is 6.03. The lowest BCUT2D eigenvalue weighted by atomic mass is 10.1. The third-order valence-electron chi connectivity index (χ3n) is 8.74. The zero-order valence-electron chi connectivity index (χ0n) is 30.3. The summed E-state index contributed by atoms with van der Waals surface area (Å²) in [4.78, 5) is 66.7. The van der Waals surface area contributed by atoms with E-state index in [1.54, 1.807) is 36.5 Å². The monoisotopic (exact) mass is 817 g/mol. The predicted octanol–water partition coefficient (Wildman–Crippen LogP) is 5.43. The van der Waals surface area contributed by atoms with Gasteiger partial charge in [-0.3, -0.25) is 19.4 Å². The molecule has 1 atom stereocenters. The van der Waals surface area contributed by atoms with Crippen molar-refractivity contribution in [2.24, 2.45) is 0 Å². The molecule has 3 amide bonds. The molecule has 1 fully saturated rings. The van der Waals surface area contributed by atoms with Crippen molar-refractivity contribution < 1.29 is 42.2 Å². The molecule has 0 spiro atoms. The van der Waals surface area contributed by atoms with Crippen LogP contribution in [-0.4, -0.2) is 74.1 Å². The Kier molecular flexibility index (Phi) is 12.7. The maximum atomic E-state index is 13.0. The average molecular weight is 818 g/mol. The molecule has 0 aliphatic heterocycles. The molecule has 1 aliphatic carbocycles. The molecule has 3 aromatic carbocycles. The molecular formula is C39H35ClF3N9O6. The van der Waals surface area contributed by atoms with Crippen LogP contribution in [0, 0.1) is 0 Å². The highest BCUT2D eigenvalue weighted by Gasteiger charge is 2.45. The lowest BCUT2D eigenvalue weighted by Crippen LogP contribution is -2.50. The number of hydrogen-bond donors (Lipinski definition) is 6. The van der Waals surface area contributed by atoms with Crippen LogP contribution in [0.15, 0.2) is 97.2 Å². The number of carbonyl (C=O) groups is 4. The van der Waals surface area contributed by atoms with Crippen molar-refractivity contribution in [1.29, 1.82) is 0 Å². The van der Waals surface area contributed by atoms with E-state index in [0.717, 1.165) is 16.8 Å². The zero-order valence-corrected chi connectivity index (χ0v) is 31.1. The summed E-state index contributed by atoms with van der Waals surface area (Å²) < 4.78 is 43.7. The maximum absolute atomic E-state index is 13.0. The number of aliphatic carboxylic acids is 1. The largest absolute Gasteiger partial charge is 0.480 e. The van der Waals surface area contributed by atoms with E-state index in [2.05, 4.69) is 46.5 Å². The van der Waals surface area contributed by atoms with Crippen LogP contribution in [0.25, 0.3) is 0 Å². The van der Waals surface area contributed by atoms with Gasteiger partial charge in [-0.15, -0.1) is 0 Å². The number of alkyl halides is 3. The van der Waals surface area contributed by atoms with Crippen LogP contribution >= 0.6 is 11.6 Å². The first kappa shape index (κ1) is 40.8. The van der Waals surface area contributed by atoms with Crippen LogP contribution in [0.1, 0.15) is 40.0 Å². The van der Waals surface area contributed by atoms with E-state index in [-0.39, 0.29) is 17.5 Å². The molecule has 0 bridgehead atoms. The summed E-state index contributed by atoms with van der Waals surface area (Å²) in [7, 11) is 0. The summed E-state index contributed by atoms with van der Waals surface area (Å²) in [6.07, 6.45) is -0.254. The minimum atomic E-state index is -4.65. The van der Waals surface area contributed by atoms with E-state index in [1.165, 1.54) is 24.3 Å². The number of anilines is 4. The van der Waals surface area contributed by atoms with Crippen molar-refractivity contribution in [3.05, 3.63) is 125 Å². The smallest absolute Gasteiger partial charge is 0.422 e. The number of aryl methyl sites for hydroxylation is 2. The molecule has 0 unspecified atom stereocenters. The zero-order chi connectivity index (χ0) is 41.3. The van der Waals surface area contributed by atoms with E-state index in [0.29, 0.717) is 42.1 Å². The molecule has 0 radical (unpaired) electrons. The van der Waals surface area contributed by atoms with Gasteiger partial charge in [0.1, 0.15) is 6.04 Å².